The van der Waals surface area contributed by atoms with Crippen molar-refractivity contribution in [3.05, 3.63) is 12.7 Å². The molecule has 2 N–H and O–H groups in total. The number of nitrogens with two attached hydrogens (primary N) is 1. The van der Waals surface area contributed by atoms with Crippen molar-refractivity contribution in [3.63, 3.8) is 0 Å². The summed E-state index contributed by atoms with van der Waals surface area (Å²) in [6.07, 6.45) is 2.81. The number of hydrogen-bond donors (Lipinski definition) is 1. The number of hydrogen-bond acceptors (Lipinski definition) is 4. The van der Waals surface area contributed by atoms with E-state index in [4.69, 9.17) is 0 Å². The fourth-order valence-corrected chi connectivity index (χ4v) is 0.525. The Morgan fingerprint density at radius 3 is 2.43 bits per heavy atom. The van der Waals surface area contributed by atoms with Crippen LogP contribution in [0.15, 0.2) is 12.7 Å². The molecule has 0 aromatic heterocycles. The molecule has 0 bridgehead atoms. The molecule has 5 nitrogen and oxygen atoms in total. The Bertz CT molecular complexity index is 182. The van der Waals surface area contributed by atoms with Gasteiger partial charge in [0.1, 0.15) is 0 Å². The van der Waals surface area contributed by atoms with E-state index in [-0.39, 0.29) is 52.8 Å². The maximum absolute atomic E-state index is 9.65. The number of amides is 1. The summed E-state index contributed by atoms with van der Waals surface area (Å²) in [4.78, 5) is 9.47. The summed E-state index contributed by atoms with van der Waals surface area (Å²) >= 11 is -2.32. The molecule has 1 atom stereocenters. The molecule has 0 heterocycles. The predicted molar refractivity (Wildman–Crippen MR) is 50.3 cm³/mol. The maximum Gasteiger partial charge on any atom is 1.00 e. The summed E-state index contributed by atoms with van der Waals surface area (Å²) in [6.45, 7) is 5.37. The van der Waals surface area contributed by atoms with E-state index in [1.165, 1.54) is 0 Å². The van der Waals surface area contributed by atoms with E-state index in [1.54, 1.807) is 0 Å². The van der Waals surface area contributed by atoms with Crippen molar-refractivity contribution in [1.29, 1.82) is 0 Å². The van der Waals surface area contributed by atoms with Gasteiger partial charge in [0.2, 0.25) is 5.91 Å². The summed E-state index contributed by atoms with van der Waals surface area (Å²) < 4.78 is 23.5. The molecular weight excluding hydrogens is 233 g/mol. The van der Waals surface area contributed by atoms with Gasteiger partial charge in [-0.3, -0.25) is 4.79 Å². The molecule has 0 saturated carbocycles. The molecule has 0 aromatic carbocycles. The van der Waals surface area contributed by atoms with Gasteiger partial charge in [0.15, 0.2) is 0 Å². The van der Waals surface area contributed by atoms with Crippen molar-refractivity contribution in [1.82, 2.24) is 0 Å². The summed E-state index contributed by atoms with van der Waals surface area (Å²) in [5.41, 5.74) is 4.53. The van der Waals surface area contributed by atoms with E-state index in [1.807, 2.05) is 6.92 Å². The third kappa shape index (κ3) is 29.3. The number of carbonyl (C=O) groups is 1. The Morgan fingerprint density at radius 2 is 2.21 bits per heavy atom. The average molecular weight is 248 g/mol. The molecule has 0 aromatic rings. The fraction of sp³-hybridized carbons (Fsp3) is 0.571. The van der Waals surface area contributed by atoms with Crippen LogP contribution >= 0.6 is 0 Å². The van der Waals surface area contributed by atoms with E-state index >= 15 is 0 Å². The largest absolute Gasteiger partial charge is 1.00 e. The van der Waals surface area contributed by atoms with Crippen molar-refractivity contribution in [2.75, 3.05) is 6.61 Å². The molecule has 0 rings (SSSR count). The van der Waals surface area contributed by atoms with Gasteiger partial charge in [0, 0.05) is 0 Å². The van der Waals surface area contributed by atoms with Crippen LogP contribution in [0.25, 0.3) is 0 Å². The molecule has 1 unspecified atom stereocenters. The summed E-state index contributed by atoms with van der Waals surface area (Å²) in [5.74, 6) is -0.481. The van der Waals surface area contributed by atoms with Crippen LogP contribution in [0.4, 0.5) is 0 Å². The second kappa shape index (κ2) is 16.4. The molecule has 0 aliphatic rings. The Labute approximate surface area is 131 Å². The van der Waals surface area contributed by atoms with Crippen LogP contribution in [0.1, 0.15) is 21.2 Å². The predicted octanol–water partition coefficient (Wildman–Crippen LogP) is -2.63. The first kappa shape index (κ1) is 20.3. The van der Waals surface area contributed by atoms with Crippen molar-refractivity contribution in [3.8, 4) is 0 Å². The summed E-state index contributed by atoms with van der Waals surface area (Å²) in [6, 6.07) is 0. The topological polar surface area (TPSA) is 92.5 Å². The fourth-order valence-electron chi connectivity index (χ4n) is 0.271. The number of primary amides is 1. The van der Waals surface area contributed by atoms with Gasteiger partial charge in [-0.1, -0.05) is 19.9 Å². The van der Waals surface area contributed by atoms with Crippen molar-refractivity contribution >= 4 is 17.3 Å². The first-order chi connectivity index (χ1) is 6.04. The van der Waals surface area contributed by atoms with Crippen molar-refractivity contribution in [2.45, 2.75) is 19.8 Å². The Balaban J connectivity index is -0.0000000770. The molecule has 1 amide bonds. The second-order valence-corrected chi connectivity index (χ2v) is 2.63. The van der Waals surface area contributed by atoms with Gasteiger partial charge in [-0.05, 0) is 12.5 Å². The van der Waals surface area contributed by atoms with Crippen molar-refractivity contribution < 1.29 is 70.6 Å². The zero-order valence-electron chi connectivity index (χ0n) is 9.52. The molecule has 0 radical (unpaired) electrons. The Hall–Kier alpha value is 0.916. The smallest absolute Gasteiger partial charge is 1.00 e. The van der Waals surface area contributed by atoms with Crippen LogP contribution in [0.2, 0.25) is 0 Å². The van der Waals surface area contributed by atoms with Crippen LogP contribution in [0.5, 0.6) is 0 Å². The standard InChI is InChI=1S/C4H10O3S.C3H5NO.K.H/c1-2-3-4-7-8(5)6;1-2-3(4)5;;/h2-4H2,1H3,(H,5,6);2H,1H2,(H2,4,5);;/q;;+1;-1/p-1. The average Bonchev–Trinajstić information content (AvgIpc) is 2.05. The van der Waals surface area contributed by atoms with Gasteiger partial charge in [-0.25, -0.2) is 4.21 Å². The Kier molecular flexibility index (Phi) is 23.8. The van der Waals surface area contributed by atoms with Gasteiger partial charge >= 0.3 is 51.4 Å². The van der Waals surface area contributed by atoms with Crippen LogP contribution in [0.3, 0.4) is 0 Å². The summed E-state index contributed by atoms with van der Waals surface area (Å²) in [5, 5.41) is 0. The normalized spacial score (nSPS) is 10.1. The van der Waals surface area contributed by atoms with Gasteiger partial charge < -0.3 is 15.9 Å². The number of carbonyl (C=O) groups excluding carboxylic acids is 1. The molecule has 7 heteroatoms. The minimum absolute atomic E-state index is 0. The monoisotopic (exact) mass is 248 g/mol. The first-order valence-corrected chi connectivity index (χ1v) is 4.69. The van der Waals surface area contributed by atoms with E-state index in [2.05, 4.69) is 16.5 Å². The minimum Gasteiger partial charge on any atom is -1.00 e. The molecule has 0 fully saturated rings. The molecule has 0 aliphatic carbocycles. The van der Waals surface area contributed by atoms with Crippen LogP contribution < -0.4 is 57.1 Å². The number of unbranched alkanes of at least 4 members (excludes halogenated alkanes) is 1. The van der Waals surface area contributed by atoms with Crippen LogP contribution in [0, 0.1) is 0 Å². The SMILES string of the molecule is C=CC(N)=O.CCCCOS(=O)[O-].[H-].[K+]. The first-order valence-electron chi connectivity index (χ1n) is 3.69. The summed E-state index contributed by atoms with van der Waals surface area (Å²) in [7, 11) is 0. The zero-order chi connectivity index (χ0) is 10.7. The maximum atomic E-state index is 9.65. The molecular formula is C7H15KNO4S-. The molecule has 0 aliphatic heterocycles. The van der Waals surface area contributed by atoms with Crippen LogP contribution in [-0.4, -0.2) is 21.3 Å². The zero-order valence-corrected chi connectivity index (χ0v) is 12.5. The molecule has 0 spiro atoms. The van der Waals surface area contributed by atoms with E-state index in [0.29, 0.717) is 6.61 Å². The number of rotatable bonds is 5. The third-order valence-corrected chi connectivity index (χ3v) is 1.24. The quantitative estimate of drug-likeness (QED) is 0.249. The van der Waals surface area contributed by atoms with E-state index < -0.39 is 17.3 Å². The third-order valence-electron chi connectivity index (χ3n) is 0.879. The second-order valence-electron chi connectivity index (χ2n) is 1.99. The minimum atomic E-state index is -2.32. The van der Waals surface area contributed by atoms with Gasteiger partial charge in [-0.15, -0.1) is 0 Å². The van der Waals surface area contributed by atoms with Crippen molar-refractivity contribution in [2.24, 2.45) is 5.73 Å². The Morgan fingerprint density at radius 1 is 1.79 bits per heavy atom. The van der Waals surface area contributed by atoms with Gasteiger partial charge in [0.25, 0.3) is 0 Å². The molecule has 14 heavy (non-hydrogen) atoms. The van der Waals surface area contributed by atoms with Gasteiger partial charge in [0.05, 0.1) is 18.0 Å². The molecule has 80 valence electrons. The molecule has 0 saturated heterocycles. The van der Waals surface area contributed by atoms with Gasteiger partial charge in [-0.2, -0.15) is 0 Å². The van der Waals surface area contributed by atoms with Crippen LogP contribution in [-0.2, 0) is 20.3 Å². The van der Waals surface area contributed by atoms with E-state index in [0.717, 1.165) is 18.9 Å². The van der Waals surface area contributed by atoms with E-state index in [9.17, 15) is 13.6 Å².